The van der Waals surface area contributed by atoms with E-state index < -0.39 is 0 Å². The largest absolute Gasteiger partial charge is 0.383 e. The number of hydrogen-bond acceptors (Lipinski definition) is 4. The lowest BCUT2D eigenvalue weighted by molar-refractivity contribution is 0.543. The smallest absolute Gasteiger partial charge is 0.146 e. The molecular formula is C14H21N5. The molecule has 5 heteroatoms. The van der Waals surface area contributed by atoms with Crippen LogP contribution in [-0.2, 0) is 11.8 Å². The molecule has 0 aliphatic heterocycles. The van der Waals surface area contributed by atoms with Gasteiger partial charge in [-0.3, -0.25) is 4.57 Å². The number of nitrogens with two attached hydrogens (primary N) is 1. The Morgan fingerprint density at radius 3 is 2.53 bits per heavy atom. The van der Waals surface area contributed by atoms with Crippen molar-refractivity contribution in [3.05, 3.63) is 29.6 Å². The summed E-state index contributed by atoms with van der Waals surface area (Å²) in [6, 6.07) is 0. The Kier molecular flexibility index (Phi) is 3.30. The molecule has 0 radical (unpaired) electrons. The van der Waals surface area contributed by atoms with Gasteiger partial charge in [0, 0.05) is 29.8 Å². The molecule has 0 unspecified atom stereocenters. The monoisotopic (exact) mass is 259 g/mol. The summed E-state index contributed by atoms with van der Waals surface area (Å²) in [6.07, 6.45) is 4.55. The van der Waals surface area contributed by atoms with E-state index in [4.69, 9.17) is 5.73 Å². The molecule has 2 aromatic heterocycles. The minimum absolute atomic E-state index is 0.135. The van der Waals surface area contributed by atoms with Crippen LogP contribution in [0.15, 0.2) is 12.4 Å². The van der Waals surface area contributed by atoms with E-state index in [1.165, 1.54) is 0 Å². The highest BCUT2D eigenvalue weighted by atomic mass is 15.1. The summed E-state index contributed by atoms with van der Waals surface area (Å²) in [6.45, 7) is 10.3. The van der Waals surface area contributed by atoms with Gasteiger partial charge in [0.15, 0.2) is 0 Å². The minimum Gasteiger partial charge on any atom is -0.383 e. The fourth-order valence-corrected chi connectivity index (χ4v) is 1.88. The second-order valence-electron chi connectivity index (χ2n) is 5.70. The maximum absolute atomic E-state index is 6.03. The lowest BCUT2D eigenvalue weighted by Gasteiger charge is -2.20. The molecule has 2 N–H and O–H groups in total. The summed E-state index contributed by atoms with van der Waals surface area (Å²) < 4.78 is 1.99. The second-order valence-corrected chi connectivity index (χ2v) is 5.70. The highest BCUT2D eigenvalue weighted by Gasteiger charge is 2.21. The van der Waals surface area contributed by atoms with Gasteiger partial charge in [0.2, 0.25) is 0 Å². The third kappa shape index (κ3) is 2.45. The van der Waals surface area contributed by atoms with Gasteiger partial charge in [0.25, 0.3) is 0 Å². The summed E-state index contributed by atoms with van der Waals surface area (Å²) >= 11 is 0. The molecule has 2 aromatic rings. The third-order valence-corrected chi connectivity index (χ3v) is 3.09. The maximum atomic E-state index is 6.03. The zero-order chi connectivity index (χ0) is 14.2. The molecule has 0 atom stereocenters. The number of rotatable bonds is 2. The van der Waals surface area contributed by atoms with Crippen molar-refractivity contribution in [2.75, 3.05) is 5.73 Å². The minimum atomic E-state index is -0.135. The molecule has 102 valence electrons. The first-order valence-electron chi connectivity index (χ1n) is 6.51. The molecule has 0 aliphatic carbocycles. The fourth-order valence-electron chi connectivity index (χ4n) is 1.88. The van der Waals surface area contributed by atoms with Crippen LogP contribution in [0.2, 0.25) is 0 Å². The van der Waals surface area contributed by atoms with Gasteiger partial charge in [-0.15, -0.1) is 0 Å². The van der Waals surface area contributed by atoms with E-state index in [0.717, 1.165) is 29.5 Å². The number of imidazole rings is 1. The van der Waals surface area contributed by atoms with Crippen LogP contribution in [0.4, 0.5) is 5.82 Å². The average molecular weight is 259 g/mol. The molecule has 2 heterocycles. The lowest BCUT2D eigenvalue weighted by atomic mass is 9.95. The van der Waals surface area contributed by atoms with Crippen molar-refractivity contribution in [3.63, 3.8) is 0 Å². The summed E-state index contributed by atoms with van der Waals surface area (Å²) in [4.78, 5) is 13.4. The average Bonchev–Trinajstić information content (AvgIpc) is 2.79. The molecule has 2 rings (SSSR count). The normalized spacial score (nSPS) is 11.8. The Morgan fingerprint density at radius 1 is 1.26 bits per heavy atom. The van der Waals surface area contributed by atoms with Crippen LogP contribution in [0.25, 0.3) is 5.82 Å². The molecule has 0 saturated carbocycles. The molecule has 0 aromatic carbocycles. The standard InChI is InChI=1S/C14H21N5/c1-6-10-16-7-8-19(10)12-9(2)11(15)17-13(18-12)14(3,4)5/h7-8H,6H2,1-5H3,(H2,15,17,18). The zero-order valence-corrected chi connectivity index (χ0v) is 12.2. The van der Waals surface area contributed by atoms with Gasteiger partial charge in [-0.2, -0.15) is 0 Å². The quantitative estimate of drug-likeness (QED) is 0.899. The molecule has 0 spiro atoms. The highest BCUT2D eigenvalue weighted by molar-refractivity contribution is 5.49. The van der Waals surface area contributed by atoms with Crippen LogP contribution in [-0.4, -0.2) is 19.5 Å². The van der Waals surface area contributed by atoms with Crippen molar-refractivity contribution in [2.45, 2.75) is 46.5 Å². The van der Waals surface area contributed by atoms with E-state index in [-0.39, 0.29) is 5.41 Å². The Hall–Kier alpha value is -1.91. The van der Waals surface area contributed by atoms with E-state index in [1.54, 1.807) is 6.20 Å². The van der Waals surface area contributed by atoms with Crippen molar-refractivity contribution in [1.82, 2.24) is 19.5 Å². The summed E-state index contributed by atoms with van der Waals surface area (Å²) in [5, 5.41) is 0. The summed E-state index contributed by atoms with van der Waals surface area (Å²) in [5.74, 6) is 3.08. The van der Waals surface area contributed by atoms with E-state index in [1.807, 2.05) is 17.7 Å². The first-order valence-corrected chi connectivity index (χ1v) is 6.51. The molecule has 0 saturated heterocycles. The topological polar surface area (TPSA) is 69.6 Å². The van der Waals surface area contributed by atoms with E-state index in [2.05, 4.69) is 42.6 Å². The van der Waals surface area contributed by atoms with Crippen molar-refractivity contribution in [2.24, 2.45) is 0 Å². The van der Waals surface area contributed by atoms with E-state index in [9.17, 15) is 0 Å². The maximum Gasteiger partial charge on any atom is 0.146 e. The van der Waals surface area contributed by atoms with Gasteiger partial charge in [0.1, 0.15) is 23.3 Å². The molecule has 0 aliphatic rings. The zero-order valence-electron chi connectivity index (χ0n) is 12.2. The SMILES string of the molecule is CCc1nccn1-c1nc(C(C)(C)C)nc(N)c1C. The fraction of sp³-hybridized carbons (Fsp3) is 0.500. The first kappa shape index (κ1) is 13.5. The first-order chi connectivity index (χ1) is 8.84. The van der Waals surface area contributed by atoms with Crippen LogP contribution in [0.3, 0.4) is 0 Å². The van der Waals surface area contributed by atoms with E-state index >= 15 is 0 Å². The van der Waals surface area contributed by atoms with Crippen LogP contribution < -0.4 is 5.73 Å². The molecule has 19 heavy (non-hydrogen) atoms. The van der Waals surface area contributed by atoms with Crippen LogP contribution >= 0.6 is 0 Å². The Morgan fingerprint density at radius 2 is 1.95 bits per heavy atom. The second kappa shape index (κ2) is 4.64. The number of hydrogen-bond donors (Lipinski definition) is 1. The predicted octanol–water partition coefficient (Wildman–Crippen LogP) is 2.41. The summed E-state index contributed by atoms with van der Waals surface area (Å²) in [5.41, 5.74) is 6.79. The van der Waals surface area contributed by atoms with Gasteiger partial charge in [-0.05, 0) is 6.92 Å². The highest BCUT2D eigenvalue weighted by Crippen LogP contribution is 2.24. The molecule has 0 bridgehead atoms. The Labute approximate surface area is 113 Å². The van der Waals surface area contributed by atoms with Crippen LogP contribution in [0, 0.1) is 6.92 Å². The van der Waals surface area contributed by atoms with Crippen molar-refractivity contribution >= 4 is 5.82 Å². The van der Waals surface area contributed by atoms with Crippen molar-refractivity contribution in [3.8, 4) is 5.82 Å². The molecular weight excluding hydrogens is 238 g/mol. The predicted molar refractivity (Wildman–Crippen MR) is 76.4 cm³/mol. The Bertz CT molecular complexity index is 592. The van der Waals surface area contributed by atoms with Crippen molar-refractivity contribution < 1.29 is 0 Å². The number of aryl methyl sites for hydroxylation is 1. The lowest BCUT2D eigenvalue weighted by Crippen LogP contribution is -2.20. The number of nitrogen functional groups attached to an aromatic ring is 1. The van der Waals surface area contributed by atoms with E-state index in [0.29, 0.717) is 5.82 Å². The van der Waals surface area contributed by atoms with Gasteiger partial charge >= 0.3 is 0 Å². The van der Waals surface area contributed by atoms with Crippen LogP contribution in [0.1, 0.15) is 44.9 Å². The molecule has 0 amide bonds. The number of aromatic nitrogens is 4. The molecule has 0 fully saturated rings. The Balaban J connectivity index is 2.66. The number of anilines is 1. The molecule has 5 nitrogen and oxygen atoms in total. The van der Waals surface area contributed by atoms with Gasteiger partial charge in [-0.1, -0.05) is 27.7 Å². The van der Waals surface area contributed by atoms with Gasteiger partial charge in [0.05, 0.1) is 0 Å². The van der Waals surface area contributed by atoms with Crippen LogP contribution in [0.5, 0.6) is 0 Å². The summed E-state index contributed by atoms with van der Waals surface area (Å²) in [7, 11) is 0. The number of nitrogens with zero attached hydrogens (tertiary/aromatic N) is 4. The van der Waals surface area contributed by atoms with Gasteiger partial charge < -0.3 is 5.73 Å². The van der Waals surface area contributed by atoms with Crippen molar-refractivity contribution in [1.29, 1.82) is 0 Å². The van der Waals surface area contributed by atoms with Gasteiger partial charge in [-0.25, -0.2) is 15.0 Å². The third-order valence-electron chi connectivity index (χ3n) is 3.09.